The van der Waals surface area contributed by atoms with Gasteiger partial charge in [-0.05, 0) is 86.8 Å². The van der Waals surface area contributed by atoms with Crippen LogP contribution in [0.4, 0.5) is 0 Å². The number of nitrogens with one attached hydrogen (secondary N) is 1. The van der Waals surface area contributed by atoms with Crippen LogP contribution >= 0.6 is 0 Å². The van der Waals surface area contributed by atoms with Crippen molar-refractivity contribution in [2.24, 2.45) is 17.3 Å². The van der Waals surface area contributed by atoms with E-state index in [-0.39, 0.29) is 49.2 Å². The zero-order valence-electron chi connectivity index (χ0n) is 27.7. The number of esters is 1. The van der Waals surface area contributed by atoms with Crippen LogP contribution in [0.1, 0.15) is 88.1 Å². The van der Waals surface area contributed by atoms with Crippen LogP contribution in [0.2, 0.25) is 0 Å². The molecule has 47 heavy (non-hydrogen) atoms. The van der Waals surface area contributed by atoms with E-state index < -0.39 is 30.3 Å². The molecule has 2 amide bonds. The molecule has 0 spiro atoms. The van der Waals surface area contributed by atoms with E-state index in [1.54, 1.807) is 17.0 Å². The molecule has 7 rings (SSSR count). The van der Waals surface area contributed by atoms with Gasteiger partial charge in [-0.25, -0.2) is 4.79 Å². The zero-order valence-corrected chi connectivity index (χ0v) is 27.7. The van der Waals surface area contributed by atoms with Crippen molar-refractivity contribution in [3.8, 4) is 0 Å². The maximum atomic E-state index is 13.9. The Hall–Kier alpha value is -3.05. The summed E-state index contributed by atoms with van der Waals surface area (Å²) in [5.74, 6) is 0.0890. The number of hydrogen-bond donors (Lipinski definition) is 2. The highest BCUT2D eigenvalue weighted by Gasteiger charge is 2.56. The highest BCUT2D eigenvalue weighted by molar-refractivity contribution is 5.98. The molecule has 8 unspecified atom stereocenters. The molecule has 5 fully saturated rings. The van der Waals surface area contributed by atoms with Crippen molar-refractivity contribution in [2.75, 3.05) is 26.5 Å². The molecule has 3 aliphatic carbocycles. The fourth-order valence-corrected chi connectivity index (χ4v) is 8.89. The molecule has 6 aliphatic rings. The SMILES string of the molecule is CC1(C)CC2C(=Cc3ccccc3C(=O)OC3CC(C(=O)N4CCCC4C(=O)NCCO)=CC4OCOC43)CCC3OC3(C)CCC21. The average Bonchev–Trinajstić information content (AvgIpc) is 3.41. The Morgan fingerprint density at radius 2 is 1.96 bits per heavy atom. The zero-order chi connectivity index (χ0) is 32.9. The van der Waals surface area contributed by atoms with E-state index in [1.807, 2.05) is 18.2 Å². The largest absolute Gasteiger partial charge is 0.456 e. The Bertz CT molecular complexity index is 1470. The van der Waals surface area contributed by atoms with Gasteiger partial charge in [0.2, 0.25) is 11.8 Å². The van der Waals surface area contributed by atoms with Gasteiger partial charge in [0.1, 0.15) is 31.1 Å². The number of epoxide rings is 1. The number of benzene rings is 1. The summed E-state index contributed by atoms with van der Waals surface area (Å²) in [6.45, 7) is 7.47. The number of allylic oxidation sites excluding steroid dienone is 1. The smallest absolute Gasteiger partial charge is 0.339 e. The first kappa shape index (κ1) is 32.5. The maximum Gasteiger partial charge on any atom is 0.339 e. The first-order valence-corrected chi connectivity index (χ1v) is 17.4. The Morgan fingerprint density at radius 3 is 2.77 bits per heavy atom. The molecule has 3 heterocycles. The van der Waals surface area contributed by atoms with Gasteiger partial charge in [0, 0.05) is 25.1 Å². The number of nitrogens with zero attached hydrogens (tertiary/aromatic N) is 1. The van der Waals surface area contributed by atoms with E-state index in [1.165, 1.54) is 5.57 Å². The minimum absolute atomic E-state index is 0.00790. The third-order valence-corrected chi connectivity index (χ3v) is 11.7. The summed E-state index contributed by atoms with van der Waals surface area (Å²) < 4.78 is 23.9. The Balaban J connectivity index is 1.09. The van der Waals surface area contributed by atoms with Gasteiger partial charge in [0.25, 0.3) is 0 Å². The number of fused-ring (bicyclic) bond motifs is 3. The van der Waals surface area contributed by atoms with Crippen molar-refractivity contribution < 1.29 is 38.4 Å². The van der Waals surface area contributed by atoms with E-state index >= 15 is 0 Å². The second-order valence-electron chi connectivity index (χ2n) is 15.1. The molecular weight excluding hydrogens is 600 g/mol. The third kappa shape index (κ3) is 6.30. The molecule has 3 saturated heterocycles. The number of aliphatic hydroxyl groups excluding tert-OH is 1. The lowest BCUT2D eigenvalue weighted by molar-refractivity contribution is -0.136. The molecule has 0 aromatic heterocycles. The van der Waals surface area contributed by atoms with E-state index in [0.717, 1.165) is 37.7 Å². The molecular formula is C37H48N2O8. The van der Waals surface area contributed by atoms with Crippen molar-refractivity contribution in [3.05, 3.63) is 52.6 Å². The molecule has 0 radical (unpaired) electrons. The average molecular weight is 649 g/mol. The van der Waals surface area contributed by atoms with Crippen LogP contribution < -0.4 is 5.32 Å². The van der Waals surface area contributed by atoms with Gasteiger partial charge >= 0.3 is 5.97 Å². The summed E-state index contributed by atoms with van der Waals surface area (Å²) in [7, 11) is 0. The van der Waals surface area contributed by atoms with Crippen LogP contribution in [-0.2, 0) is 28.5 Å². The summed E-state index contributed by atoms with van der Waals surface area (Å²) in [6.07, 6.45) is 9.25. The fraction of sp³-hybridized carbons (Fsp3) is 0.649. The van der Waals surface area contributed by atoms with Crippen LogP contribution in [0.15, 0.2) is 41.5 Å². The summed E-state index contributed by atoms with van der Waals surface area (Å²) in [6, 6.07) is 6.99. The van der Waals surface area contributed by atoms with E-state index in [9.17, 15) is 14.4 Å². The molecule has 10 heteroatoms. The molecule has 3 aliphatic heterocycles. The maximum absolute atomic E-state index is 13.9. The number of amides is 2. The Kier molecular flexibility index (Phi) is 8.83. The lowest BCUT2D eigenvalue weighted by Gasteiger charge is -2.53. The van der Waals surface area contributed by atoms with E-state index in [0.29, 0.717) is 48.5 Å². The van der Waals surface area contributed by atoms with E-state index in [4.69, 9.17) is 24.1 Å². The minimum Gasteiger partial charge on any atom is -0.456 e. The van der Waals surface area contributed by atoms with Gasteiger partial charge in [0.05, 0.1) is 23.9 Å². The number of ether oxygens (including phenoxy) is 4. The van der Waals surface area contributed by atoms with Crippen LogP contribution in [0.3, 0.4) is 0 Å². The summed E-state index contributed by atoms with van der Waals surface area (Å²) in [5.41, 5.74) is 3.46. The predicted molar refractivity (Wildman–Crippen MR) is 173 cm³/mol. The highest BCUT2D eigenvalue weighted by Crippen LogP contribution is 2.59. The first-order valence-electron chi connectivity index (χ1n) is 17.4. The molecule has 2 saturated carbocycles. The predicted octanol–water partition coefficient (Wildman–Crippen LogP) is 4.16. The van der Waals surface area contributed by atoms with Crippen LogP contribution in [0, 0.1) is 17.3 Å². The summed E-state index contributed by atoms with van der Waals surface area (Å²) >= 11 is 0. The van der Waals surface area contributed by atoms with Gasteiger partial charge < -0.3 is 34.3 Å². The van der Waals surface area contributed by atoms with Crippen molar-refractivity contribution in [2.45, 2.75) is 108 Å². The lowest BCUT2D eigenvalue weighted by atomic mass is 9.52. The second-order valence-corrected chi connectivity index (χ2v) is 15.1. The number of carbonyl (C=O) groups is 3. The monoisotopic (exact) mass is 648 g/mol. The number of carbonyl (C=O) groups excluding carboxylic acids is 3. The molecule has 10 nitrogen and oxygen atoms in total. The minimum atomic E-state index is -0.727. The number of rotatable bonds is 7. The van der Waals surface area contributed by atoms with Crippen molar-refractivity contribution in [1.29, 1.82) is 0 Å². The molecule has 254 valence electrons. The van der Waals surface area contributed by atoms with Gasteiger partial charge in [-0.15, -0.1) is 0 Å². The molecule has 8 atom stereocenters. The molecule has 2 N–H and O–H groups in total. The lowest BCUT2D eigenvalue weighted by Crippen LogP contribution is -2.49. The molecule has 0 bridgehead atoms. The van der Waals surface area contributed by atoms with Crippen LogP contribution in [0.25, 0.3) is 6.08 Å². The number of likely N-dealkylation sites (tertiary alicyclic amines) is 1. The quantitative estimate of drug-likeness (QED) is 0.334. The van der Waals surface area contributed by atoms with Crippen molar-refractivity contribution >= 4 is 23.9 Å². The van der Waals surface area contributed by atoms with Crippen molar-refractivity contribution in [3.63, 3.8) is 0 Å². The van der Waals surface area contributed by atoms with Gasteiger partial charge in [0.15, 0.2) is 0 Å². The van der Waals surface area contributed by atoms with Crippen LogP contribution in [0.5, 0.6) is 0 Å². The van der Waals surface area contributed by atoms with E-state index in [2.05, 4.69) is 32.2 Å². The molecule has 1 aromatic carbocycles. The second kappa shape index (κ2) is 12.8. The van der Waals surface area contributed by atoms with Gasteiger partial charge in [-0.3, -0.25) is 9.59 Å². The van der Waals surface area contributed by atoms with Gasteiger partial charge in [-0.2, -0.15) is 0 Å². The normalized spacial score (nSPS) is 36.4. The Labute approximate surface area is 276 Å². The molecule has 1 aromatic rings. The fourth-order valence-electron chi connectivity index (χ4n) is 8.89. The summed E-state index contributed by atoms with van der Waals surface area (Å²) in [4.78, 5) is 42.0. The van der Waals surface area contributed by atoms with Gasteiger partial charge in [-0.1, -0.05) is 43.7 Å². The van der Waals surface area contributed by atoms with Crippen LogP contribution in [-0.4, -0.2) is 90.3 Å². The number of hydrogen-bond acceptors (Lipinski definition) is 8. The summed E-state index contributed by atoms with van der Waals surface area (Å²) in [5, 5.41) is 11.8. The first-order chi connectivity index (χ1) is 22.6. The number of aliphatic hydroxyl groups is 1. The van der Waals surface area contributed by atoms with Crippen molar-refractivity contribution in [1.82, 2.24) is 10.2 Å². The Morgan fingerprint density at radius 1 is 1.13 bits per heavy atom. The third-order valence-electron chi connectivity index (χ3n) is 11.7. The topological polar surface area (TPSA) is 127 Å². The highest BCUT2D eigenvalue weighted by atomic mass is 16.7. The standard InChI is InChI=1S/C37H48N2O8/c1-36(2)20-26-23(10-11-31-37(3,47-31)13-12-27(26)36)17-22-7-4-5-8-25(22)35(43)46-30-19-24(18-29-32(30)45-21-44-29)34(42)39-15-6-9-28(39)33(41)38-14-16-40/h4-5,7-8,17-18,26-32,40H,6,9-16,19-21H2,1-3H3,(H,38,41).